The molecule has 6 heteroatoms. The van der Waals surface area contributed by atoms with Crippen molar-refractivity contribution in [2.45, 2.75) is 58.4 Å². The van der Waals surface area contributed by atoms with Crippen LogP contribution in [0, 0.1) is 13.8 Å². The van der Waals surface area contributed by atoms with Gasteiger partial charge in [-0.3, -0.25) is 9.59 Å². The van der Waals surface area contributed by atoms with Gasteiger partial charge in [-0.1, -0.05) is 43.2 Å². The summed E-state index contributed by atoms with van der Waals surface area (Å²) < 4.78 is 2.06. The largest absolute Gasteiger partial charge is 0.341 e. The lowest BCUT2D eigenvalue weighted by atomic mass is 10.1. The maximum atomic E-state index is 13.3. The molecule has 2 amide bonds. The Hall–Kier alpha value is -3.15. The zero-order valence-electron chi connectivity index (χ0n) is 19.6. The lowest BCUT2D eigenvalue weighted by molar-refractivity contribution is -0.131. The van der Waals surface area contributed by atoms with E-state index >= 15 is 0 Å². The molecule has 6 nitrogen and oxygen atoms in total. The molecule has 0 unspecified atom stereocenters. The molecule has 2 aliphatic heterocycles. The lowest BCUT2D eigenvalue weighted by Crippen LogP contribution is -2.35. The normalized spacial score (nSPS) is 19.3. The number of likely N-dealkylation sites (tertiary alicyclic amines) is 1. The molecule has 172 valence electrons. The van der Waals surface area contributed by atoms with Crippen molar-refractivity contribution in [1.29, 1.82) is 0 Å². The van der Waals surface area contributed by atoms with Gasteiger partial charge in [-0.25, -0.2) is 4.98 Å². The number of imidazole rings is 1. The average molecular weight is 445 g/mol. The van der Waals surface area contributed by atoms with E-state index in [1.807, 2.05) is 40.1 Å². The number of aromatic nitrogens is 2. The van der Waals surface area contributed by atoms with E-state index in [1.165, 1.54) is 12.8 Å². The van der Waals surface area contributed by atoms with E-state index in [0.29, 0.717) is 13.0 Å². The summed E-state index contributed by atoms with van der Waals surface area (Å²) in [7, 11) is 0. The van der Waals surface area contributed by atoms with Crippen LogP contribution in [0.5, 0.6) is 0 Å². The van der Waals surface area contributed by atoms with Crippen molar-refractivity contribution in [3.05, 3.63) is 59.4 Å². The van der Waals surface area contributed by atoms with Crippen LogP contribution in [-0.4, -0.2) is 45.9 Å². The number of carbonyl (C=O) groups is 2. The molecule has 2 fully saturated rings. The Morgan fingerprint density at radius 3 is 2.39 bits per heavy atom. The molecule has 0 N–H and O–H groups in total. The number of hydrogen-bond donors (Lipinski definition) is 0. The van der Waals surface area contributed by atoms with Gasteiger partial charge < -0.3 is 14.4 Å². The van der Waals surface area contributed by atoms with Gasteiger partial charge in [0, 0.05) is 37.7 Å². The van der Waals surface area contributed by atoms with Crippen molar-refractivity contribution >= 4 is 28.5 Å². The van der Waals surface area contributed by atoms with Crippen molar-refractivity contribution in [2.24, 2.45) is 0 Å². The van der Waals surface area contributed by atoms with Crippen molar-refractivity contribution < 1.29 is 9.59 Å². The average Bonchev–Trinajstić information content (AvgIpc) is 3.21. The zero-order valence-corrected chi connectivity index (χ0v) is 19.6. The van der Waals surface area contributed by atoms with Gasteiger partial charge in [0.15, 0.2) is 0 Å². The van der Waals surface area contributed by atoms with Crippen molar-refractivity contribution in [1.82, 2.24) is 14.5 Å². The third-order valence-corrected chi connectivity index (χ3v) is 7.14. The van der Waals surface area contributed by atoms with E-state index in [-0.39, 0.29) is 24.3 Å². The number of fused-ring (bicyclic) bond motifs is 1. The second-order valence-electron chi connectivity index (χ2n) is 9.49. The van der Waals surface area contributed by atoms with Crippen LogP contribution in [0.1, 0.15) is 55.0 Å². The number of anilines is 1. The monoisotopic (exact) mass is 444 g/mol. The lowest BCUT2D eigenvalue weighted by Gasteiger charge is -2.23. The quantitative estimate of drug-likeness (QED) is 0.592. The van der Waals surface area contributed by atoms with Crippen LogP contribution < -0.4 is 4.90 Å². The van der Waals surface area contributed by atoms with Gasteiger partial charge in [0.1, 0.15) is 12.4 Å². The molecule has 2 saturated heterocycles. The predicted molar refractivity (Wildman–Crippen MR) is 130 cm³/mol. The van der Waals surface area contributed by atoms with Crippen molar-refractivity contribution in [3.8, 4) is 0 Å². The van der Waals surface area contributed by atoms with Crippen LogP contribution >= 0.6 is 0 Å². The van der Waals surface area contributed by atoms with Gasteiger partial charge in [-0.15, -0.1) is 0 Å². The highest BCUT2D eigenvalue weighted by atomic mass is 16.2. The standard InChI is InChI=1S/C27H32N4O2/c1-19-10-9-11-20(2)26(19)31-17-21(16-24(31)32)27-28-22-12-5-6-13-23(22)30(27)18-25(33)29-14-7-3-4-8-15-29/h5-6,9-13,21H,3-4,7-8,14-18H2,1-2H3/t21-/m1/s1. The number of benzene rings is 2. The Morgan fingerprint density at radius 2 is 1.67 bits per heavy atom. The van der Waals surface area contributed by atoms with E-state index in [9.17, 15) is 9.59 Å². The molecule has 2 aromatic carbocycles. The first kappa shape index (κ1) is 21.7. The number of hydrogen-bond acceptors (Lipinski definition) is 3. The molecule has 1 atom stereocenters. The molecule has 0 radical (unpaired) electrons. The van der Waals surface area contributed by atoms with Crippen LogP contribution in [0.2, 0.25) is 0 Å². The third kappa shape index (κ3) is 4.14. The van der Waals surface area contributed by atoms with E-state index in [2.05, 4.69) is 30.5 Å². The topological polar surface area (TPSA) is 58.4 Å². The minimum absolute atomic E-state index is 0.0409. The molecule has 0 bridgehead atoms. The van der Waals surface area contributed by atoms with E-state index in [0.717, 1.165) is 59.6 Å². The fraction of sp³-hybridized carbons (Fsp3) is 0.444. The van der Waals surface area contributed by atoms with Gasteiger partial charge in [-0.2, -0.15) is 0 Å². The van der Waals surface area contributed by atoms with E-state index < -0.39 is 0 Å². The van der Waals surface area contributed by atoms with Gasteiger partial charge in [0.2, 0.25) is 11.8 Å². The Kier molecular flexibility index (Phi) is 5.92. The molecule has 0 saturated carbocycles. The smallest absolute Gasteiger partial charge is 0.242 e. The minimum atomic E-state index is -0.0409. The van der Waals surface area contributed by atoms with Crippen molar-refractivity contribution in [2.75, 3.05) is 24.5 Å². The molecule has 1 aromatic heterocycles. The molecular formula is C27H32N4O2. The highest BCUT2D eigenvalue weighted by Crippen LogP contribution is 2.36. The number of para-hydroxylation sites is 3. The molecule has 0 spiro atoms. The Labute approximate surface area is 195 Å². The summed E-state index contributed by atoms with van der Waals surface area (Å²) in [6.07, 6.45) is 4.95. The van der Waals surface area contributed by atoms with Gasteiger partial charge >= 0.3 is 0 Å². The summed E-state index contributed by atoms with van der Waals surface area (Å²) in [6, 6.07) is 14.1. The number of rotatable bonds is 4. The molecular weight excluding hydrogens is 412 g/mol. The number of carbonyl (C=O) groups excluding carboxylic acids is 2. The van der Waals surface area contributed by atoms with E-state index in [1.54, 1.807) is 0 Å². The van der Waals surface area contributed by atoms with Crippen LogP contribution in [0.25, 0.3) is 11.0 Å². The molecule has 0 aliphatic carbocycles. The van der Waals surface area contributed by atoms with Gasteiger partial charge in [-0.05, 0) is 49.9 Å². The van der Waals surface area contributed by atoms with Crippen LogP contribution in [0.15, 0.2) is 42.5 Å². The van der Waals surface area contributed by atoms with Gasteiger partial charge in [0.25, 0.3) is 0 Å². The molecule has 3 aromatic rings. The predicted octanol–water partition coefficient (Wildman–Crippen LogP) is 4.58. The Morgan fingerprint density at radius 1 is 0.970 bits per heavy atom. The first-order valence-electron chi connectivity index (χ1n) is 12.1. The highest BCUT2D eigenvalue weighted by Gasteiger charge is 2.36. The summed E-state index contributed by atoms with van der Waals surface area (Å²) >= 11 is 0. The van der Waals surface area contributed by atoms with Crippen LogP contribution in [-0.2, 0) is 16.1 Å². The second-order valence-corrected chi connectivity index (χ2v) is 9.49. The summed E-state index contributed by atoms with van der Waals surface area (Å²) in [5.41, 5.74) is 5.07. The third-order valence-electron chi connectivity index (χ3n) is 7.14. The number of nitrogens with zero attached hydrogens (tertiary/aromatic N) is 4. The summed E-state index contributed by atoms with van der Waals surface area (Å²) in [5.74, 6) is 1.08. The van der Waals surface area contributed by atoms with Crippen molar-refractivity contribution in [3.63, 3.8) is 0 Å². The maximum Gasteiger partial charge on any atom is 0.242 e. The summed E-state index contributed by atoms with van der Waals surface area (Å²) in [5, 5.41) is 0. The minimum Gasteiger partial charge on any atom is -0.341 e. The Balaban J connectivity index is 1.47. The van der Waals surface area contributed by atoms with Crippen LogP contribution in [0.3, 0.4) is 0 Å². The number of aryl methyl sites for hydroxylation is 2. The van der Waals surface area contributed by atoms with Crippen LogP contribution in [0.4, 0.5) is 5.69 Å². The van der Waals surface area contributed by atoms with Gasteiger partial charge in [0.05, 0.1) is 11.0 Å². The summed E-state index contributed by atoms with van der Waals surface area (Å²) in [4.78, 5) is 35.2. The fourth-order valence-corrected chi connectivity index (χ4v) is 5.46. The molecule has 33 heavy (non-hydrogen) atoms. The zero-order chi connectivity index (χ0) is 22.9. The number of amides is 2. The Bertz CT molecular complexity index is 1170. The first-order valence-corrected chi connectivity index (χ1v) is 12.1. The molecule has 3 heterocycles. The van der Waals surface area contributed by atoms with E-state index in [4.69, 9.17) is 4.98 Å². The first-order chi connectivity index (χ1) is 16.0. The molecule has 5 rings (SSSR count). The summed E-state index contributed by atoms with van der Waals surface area (Å²) in [6.45, 7) is 6.65. The SMILES string of the molecule is Cc1cccc(C)c1N1C[C@H](c2nc3ccccc3n2CC(=O)N2CCCCCC2)CC1=O. The maximum absolute atomic E-state index is 13.3. The second kappa shape index (κ2) is 9.00. The fourth-order valence-electron chi connectivity index (χ4n) is 5.46. The molecule has 2 aliphatic rings. The highest BCUT2D eigenvalue weighted by molar-refractivity contribution is 5.98.